The van der Waals surface area contributed by atoms with E-state index in [1.807, 2.05) is 17.7 Å². The van der Waals surface area contributed by atoms with Gasteiger partial charge in [0.25, 0.3) is 0 Å². The van der Waals surface area contributed by atoms with Gasteiger partial charge in [-0.1, -0.05) is 6.07 Å². The van der Waals surface area contributed by atoms with Crippen molar-refractivity contribution in [2.24, 2.45) is 0 Å². The minimum absolute atomic E-state index is 0.631. The summed E-state index contributed by atoms with van der Waals surface area (Å²) in [6.45, 7) is 12.0. The van der Waals surface area contributed by atoms with Crippen LogP contribution < -0.4 is 10.6 Å². The molecule has 2 N–H and O–H groups in total. The minimum atomic E-state index is 0.631. The highest BCUT2D eigenvalue weighted by Gasteiger charge is 2.10. The smallest absolute Gasteiger partial charge is 0.171 e. The topological polar surface area (TPSA) is 41.9 Å². The molecule has 0 amide bonds. The average molecular weight is 316 g/mol. The summed E-state index contributed by atoms with van der Waals surface area (Å²) in [5.41, 5.74) is 7.01. The lowest BCUT2D eigenvalue weighted by molar-refractivity contribution is 0.633. The fourth-order valence-corrected chi connectivity index (χ4v) is 2.65. The van der Waals surface area contributed by atoms with Crippen LogP contribution in [0, 0.1) is 27.7 Å². The number of nitrogens with one attached hydrogen (secondary N) is 2. The molecule has 0 bridgehead atoms. The fourth-order valence-electron chi connectivity index (χ4n) is 2.46. The molecule has 4 nitrogen and oxygen atoms in total. The zero-order chi connectivity index (χ0) is 16.3. The molecule has 22 heavy (non-hydrogen) atoms. The van der Waals surface area contributed by atoms with E-state index in [2.05, 4.69) is 55.6 Å². The maximum atomic E-state index is 5.38. The van der Waals surface area contributed by atoms with Gasteiger partial charge in [-0.2, -0.15) is 5.10 Å². The van der Waals surface area contributed by atoms with Crippen LogP contribution in [-0.2, 0) is 13.1 Å². The summed E-state index contributed by atoms with van der Waals surface area (Å²) in [4.78, 5) is 0. The molecule has 1 aromatic carbocycles. The van der Waals surface area contributed by atoms with Crippen LogP contribution in [0.4, 0.5) is 5.69 Å². The van der Waals surface area contributed by atoms with Crippen molar-refractivity contribution in [2.45, 2.75) is 47.7 Å². The van der Waals surface area contributed by atoms with E-state index in [0.717, 1.165) is 17.9 Å². The first-order valence-electron chi connectivity index (χ1n) is 7.57. The van der Waals surface area contributed by atoms with E-state index in [1.54, 1.807) is 0 Å². The number of hydrogen-bond acceptors (Lipinski definition) is 2. The normalized spacial score (nSPS) is 10.6. The van der Waals surface area contributed by atoms with Gasteiger partial charge in [-0.15, -0.1) is 0 Å². The minimum Gasteiger partial charge on any atom is -0.358 e. The predicted octanol–water partition coefficient (Wildman–Crippen LogP) is 3.62. The highest BCUT2D eigenvalue weighted by Crippen LogP contribution is 2.15. The molecule has 2 rings (SSSR count). The molecular weight excluding hydrogens is 292 g/mol. The maximum absolute atomic E-state index is 5.38. The Labute approximate surface area is 137 Å². The Kier molecular flexibility index (Phi) is 5.19. The number of hydrogen-bond donors (Lipinski definition) is 2. The third kappa shape index (κ3) is 3.65. The van der Waals surface area contributed by atoms with E-state index in [4.69, 9.17) is 12.2 Å². The summed E-state index contributed by atoms with van der Waals surface area (Å²) in [6, 6.07) is 6.25. The number of nitrogens with zero attached hydrogens (tertiary/aromatic N) is 2. The summed E-state index contributed by atoms with van der Waals surface area (Å²) >= 11 is 5.38. The standard InChI is InChI=1S/C17H24N4S/c1-6-21-14(5)16(13(4)20-21)10-18-17(22)19-15-8-7-11(2)12(3)9-15/h7-9H,6,10H2,1-5H3,(H2,18,19,22). The second-order valence-electron chi connectivity index (χ2n) is 5.57. The van der Waals surface area contributed by atoms with Crippen molar-refractivity contribution in [3.05, 3.63) is 46.3 Å². The third-order valence-corrected chi connectivity index (χ3v) is 4.27. The molecule has 5 heteroatoms. The molecule has 0 fully saturated rings. The first kappa shape index (κ1) is 16.5. The number of aromatic nitrogens is 2. The van der Waals surface area contributed by atoms with Crippen LogP contribution in [-0.4, -0.2) is 14.9 Å². The zero-order valence-electron chi connectivity index (χ0n) is 13.9. The van der Waals surface area contributed by atoms with Crippen LogP contribution in [0.25, 0.3) is 0 Å². The van der Waals surface area contributed by atoms with Crippen LogP contribution in [0.2, 0.25) is 0 Å². The van der Waals surface area contributed by atoms with E-state index in [1.165, 1.54) is 22.4 Å². The number of anilines is 1. The summed E-state index contributed by atoms with van der Waals surface area (Å²) in [6.07, 6.45) is 0. The lowest BCUT2D eigenvalue weighted by atomic mass is 10.1. The molecule has 118 valence electrons. The Morgan fingerprint density at radius 3 is 2.50 bits per heavy atom. The Morgan fingerprint density at radius 1 is 1.18 bits per heavy atom. The van der Waals surface area contributed by atoms with E-state index >= 15 is 0 Å². The van der Waals surface area contributed by atoms with Gasteiger partial charge >= 0.3 is 0 Å². The van der Waals surface area contributed by atoms with E-state index in [9.17, 15) is 0 Å². The van der Waals surface area contributed by atoms with Crippen LogP contribution in [0.1, 0.15) is 35.0 Å². The number of thiocarbonyl (C=S) groups is 1. The third-order valence-electron chi connectivity index (χ3n) is 4.02. The summed E-state index contributed by atoms with van der Waals surface area (Å²) < 4.78 is 2.02. The molecule has 1 heterocycles. The van der Waals surface area contributed by atoms with Crippen LogP contribution in [0.15, 0.2) is 18.2 Å². The molecule has 0 unspecified atom stereocenters. The van der Waals surface area contributed by atoms with Crippen molar-refractivity contribution in [3.63, 3.8) is 0 Å². The highest BCUT2D eigenvalue weighted by atomic mass is 32.1. The molecule has 0 spiro atoms. The average Bonchev–Trinajstić information content (AvgIpc) is 2.75. The lowest BCUT2D eigenvalue weighted by Gasteiger charge is -2.12. The lowest BCUT2D eigenvalue weighted by Crippen LogP contribution is -2.28. The second-order valence-corrected chi connectivity index (χ2v) is 5.98. The Morgan fingerprint density at radius 2 is 1.91 bits per heavy atom. The SMILES string of the molecule is CCn1nc(C)c(CNC(=S)Nc2ccc(C)c(C)c2)c1C. The molecule has 0 saturated carbocycles. The van der Waals surface area contributed by atoms with E-state index in [-0.39, 0.29) is 0 Å². The molecule has 0 aliphatic carbocycles. The molecule has 0 saturated heterocycles. The first-order chi connectivity index (χ1) is 10.4. The number of rotatable bonds is 4. The fraction of sp³-hybridized carbons (Fsp3) is 0.412. The van der Waals surface area contributed by atoms with Gasteiger partial charge in [-0.05, 0) is 70.1 Å². The van der Waals surface area contributed by atoms with Crippen LogP contribution in [0.5, 0.6) is 0 Å². The Bertz CT molecular complexity index is 688. The number of aryl methyl sites for hydroxylation is 4. The summed E-state index contributed by atoms with van der Waals surface area (Å²) in [7, 11) is 0. The van der Waals surface area contributed by atoms with Gasteiger partial charge in [0.05, 0.1) is 5.69 Å². The predicted molar refractivity (Wildman–Crippen MR) is 96.4 cm³/mol. The highest BCUT2D eigenvalue weighted by molar-refractivity contribution is 7.80. The van der Waals surface area contributed by atoms with E-state index < -0.39 is 0 Å². The van der Waals surface area contributed by atoms with Crippen molar-refractivity contribution in [1.29, 1.82) is 0 Å². The van der Waals surface area contributed by atoms with Crippen molar-refractivity contribution in [2.75, 3.05) is 5.32 Å². The molecule has 0 radical (unpaired) electrons. The molecule has 0 atom stereocenters. The van der Waals surface area contributed by atoms with Crippen LogP contribution >= 0.6 is 12.2 Å². The molecule has 1 aromatic heterocycles. The maximum Gasteiger partial charge on any atom is 0.171 e. The van der Waals surface area contributed by atoms with Gasteiger partial charge in [0.1, 0.15) is 0 Å². The molecule has 0 aliphatic heterocycles. The van der Waals surface area contributed by atoms with E-state index in [0.29, 0.717) is 11.7 Å². The monoisotopic (exact) mass is 316 g/mol. The first-order valence-corrected chi connectivity index (χ1v) is 7.98. The van der Waals surface area contributed by atoms with Gasteiger partial charge in [-0.3, -0.25) is 4.68 Å². The molecule has 2 aromatic rings. The Balaban J connectivity index is 1.98. The largest absolute Gasteiger partial charge is 0.358 e. The van der Waals surface area contributed by atoms with Crippen molar-refractivity contribution in [3.8, 4) is 0 Å². The van der Waals surface area contributed by atoms with Gasteiger partial charge < -0.3 is 10.6 Å². The van der Waals surface area contributed by atoms with Crippen LogP contribution in [0.3, 0.4) is 0 Å². The van der Waals surface area contributed by atoms with Gasteiger partial charge in [0.15, 0.2) is 5.11 Å². The summed E-state index contributed by atoms with van der Waals surface area (Å²) in [5, 5.41) is 11.7. The van der Waals surface area contributed by atoms with Crippen molar-refractivity contribution < 1.29 is 0 Å². The quantitative estimate of drug-likeness (QED) is 0.845. The van der Waals surface area contributed by atoms with Gasteiger partial charge in [-0.25, -0.2) is 0 Å². The Hall–Kier alpha value is -1.88. The summed E-state index contributed by atoms with van der Waals surface area (Å²) in [5.74, 6) is 0. The zero-order valence-corrected chi connectivity index (χ0v) is 14.8. The molecular formula is C17H24N4S. The second kappa shape index (κ2) is 6.92. The van der Waals surface area contributed by atoms with Crippen molar-refractivity contribution in [1.82, 2.24) is 15.1 Å². The van der Waals surface area contributed by atoms with Crippen molar-refractivity contribution >= 4 is 23.0 Å². The number of benzene rings is 1. The van der Waals surface area contributed by atoms with Gasteiger partial charge in [0, 0.05) is 30.0 Å². The van der Waals surface area contributed by atoms with Gasteiger partial charge in [0.2, 0.25) is 0 Å². The molecule has 0 aliphatic rings.